The molecule has 0 saturated carbocycles. The van der Waals surface area contributed by atoms with Crippen molar-refractivity contribution in [1.29, 1.82) is 0 Å². The number of hydrogen-bond donors (Lipinski definition) is 0. The topological polar surface area (TPSA) is 39.2 Å². The number of thioether (sulfide) groups is 1. The average Bonchev–Trinajstić information content (AvgIpc) is 2.71. The van der Waals surface area contributed by atoms with E-state index in [1.54, 1.807) is 42.2 Å². The Kier molecular flexibility index (Phi) is 4.02. The maximum absolute atomic E-state index is 11.6. The Hall–Kier alpha value is -1.07. The highest BCUT2D eigenvalue weighted by molar-refractivity contribution is 8.01. The number of carbonyl (C=O) groups excluding carboxylic acids is 1. The molecular weight excluding hydrogens is 254 g/mol. The van der Waals surface area contributed by atoms with Crippen molar-refractivity contribution >= 4 is 39.3 Å². The van der Waals surface area contributed by atoms with E-state index in [1.165, 1.54) is 0 Å². The second-order valence-corrected chi connectivity index (χ2v) is 5.60. The molecular formula is C12H12NO2S2. The molecule has 0 spiro atoms. The first-order chi connectivity index (χ1) is 8.24. The van der Waals surface area contributed by atoms with Gasteiger partial charge in [0.15, 0.2) is 4.34 Å². The van der Waals surface area contributed by atoms with Crippen LogP contribution >= 0.6 is 23.1 Å². The van der Waals surface area contributed by atoms with Crippen LogP contribution in [0.25, 0.3) is 10.2 Å². The Morgan fingerprint density at radius 1 is 1.59 bits per heavy atom. The Bertz CT molecular complexity index is 536. The van der Waals surface area contributed by atoms with Crippen LogP contribution in [0.4, 0.5) is 0 Å². The molecule has 0 amide bonds. The molecule has 5 heteroatoms. The van der Waals surface area contributed by atoms with Gasteiger partial charge in [0.2, 0.25) is 0 Å². The van der Waals surface area contributed by atoms with Gasteiger partial charge >= 0.3 is 5.97 Å². The van der Waals surface area contributed by atoms with Crippen molar-refractivity contribution in [2.75, 3.05) is 12.4 Å². The SMILES string of the molecule is [CH2]CSc1nc2cc(C(=O)OCC)ccc2s1. The predicted molar refractivity (Wildman–Crippen MR) is 71.7 cm³/mol. The maximum atomic E-state index is 11.6. The van der Waals surface area contributed by atoms with Gasteiger partial charge in [-0.2, -0.15) is 0 Å². The monoisotopic (exact) mass is 266 g/mol. The zero-order valence-electron chi connectivity index (χ0n) is 9.43. The largest absolute Gasteiger partial charge is 0.462 e. The predicted octanol–water partition coefficient (Wildman–Crippen LogP) is 3.40. The summed E-state index contributed by atoms with van der Waals surface area (Å²) in [5.41, 5.74) is 1.40. The van der Waals surface area contributed by atoms with E-state index in [9.17, 15) is 4.79 Å². The third-order valence-electron chi connectivity index (χ3n) is 2.10. The number of rotatable bonds is 4. The van der Waals surface area contributed by atoms with Crippen LogP contribution in [0.5, 0.6) is 0 Å². The summed E-state index contributed by atoms with van der Waals surface area (Å²) in [6.07, 6.45) is 0. The minimum Gasteiger partial charge on any atom is -0.462 e. The fourth-order valence-electron chi connectivity index (χ4n) is 1.40. The number of thiazole rings is 1. The van der Waals surface area contributed by atoms with Gasteiger partial charge in [0.25, 0.3) is 0 Å². The molecule has 0 aliphatic rings. The lowest BCUT2D eigenvalue weighted by Crippen LogP contribution is -2.03. The molecule has 1 aromatic heterocycles. The molecule has 0 fully saturated rings. The zero-order valence-corrected chi connectivity index (χ0v) is 11.1. The lowest BCUT2D eigenvalue weighted by atomic mass is 10.2. The molecule has 89 valence electrons. The van der Waals surface area contributed by atoms with E-state index in [2.05, 4.69) is 11.9 Å². The summed E-state index contributed by atoms with van der Waals surface area (Å²) in [7, 11) is 0. The minimum atomic E-state index is -0.297. The van der Waals surface area contributed by atoms with Crippen molar-refractivity contribution in [1.82, 2.24) is 4.98 Å². The van der Waals surface area contributed by atoms with Gasteiger partial charge in [0, 0.05) is 5.75 Å². The third-order valence-corrected chi connectivity index (χ3v) is 4.08. The summed E-state index contributed by atoms with van der Waals surface area (Å²) < 4.78 is 7.01. The van der Waals surface area contributed by atoms with Gasteiger partial charge in [-0.3, -0.25) is 0 Å². The van der Waals surface area contributed by atoms with Gasteiger partial charge in [0.05, 0.1) is 22.4 Å². The van der Waals surface area contributed by atoms with Gasteiger partial charge in [-0.1, -0.05) is 11.8 Å². The van der Waals surface area contributed by atoms with Crippen LogP contribution in [0.2, 0.25) is 0 Å². The van der Waals surface area contributed by atoms with Crippen molar-refractivity contribution in [2.45, 2.75) is 11.3 Å². The van der Waals surface area contributed by atoms with E-state index in [0.717, 1.165) is 20.3 Å². The quantitative estimate of drug-likeness (QED) is 0.628. The number of nitrogens with zero attached hydrogens (tertiary/aromatic N) is 1. The fraction of sp³-hybridized carbons (Fsp3) is 0.250. The second-order valence-electron chi connectivity index (χ2n) is 3.23. The van der Waals surface area contributed by atoms with Crippen LogP contribution in [0.3, 0.4) is 0 Å². The Morgan fingerprint density at radius 3 is 3.12 bits per heavy atom. The molecule has 0 aliphatic heterocycles. The highest BCUT2D eigenvalue weighted by atomic mass is 32.2. The number of hydrogen-bond acceptors (Lipinski definition) is 5. The Morgan fingerprint density at radius 2 is 2.41 bits per heavy atom. The van der Waals surface area contributed by atoms with E-state index >= 15 is 0 Å². The summed E-state index contributed by atoms with van der Waals surface area (Å²) >= 11 is 3.22. The standard InChI is InChI=1S/C12H12NO2S2/c1-3-15-11(14)8-5-6-10-9(7-8)13-12(17-10)16-4-2/h5-7H,2-4H2,1H3. The van der Waals surface area contributed by atoms with Crippen LogP contribution in [-0.2, 0) is 4.74 Å². The second kappa shape index (κ2) is 5.51. The number of fused-ring (bicyclic) bond motifs is 1. The molecule has 1 aromatic carbocycles. The highest BCUT2D eigenvalue weighted by Crippen LogP contribution is 2.29. The van der Waals surface area contributed by atoms with Gasteiger partial charge in [-0.05, 0) is 32.0 Å². The molecule has 2 aromatic rings. The minimum absolute atomic E-state index is 0.297. The van der Waals surface area contributed by atoms with E-state index in [4.69, 9.17) is 4.74 Å². The first-order valence-electron chi connectivity index (χ1n) is 5.24. The Balaban J connectivity index is 2.33. The molecule has 2 rings (SSSR count). The molecule has 3 nitrogen and oxygen atoms in total. The summed E-state index contributed by atoms with van der Waals surface area (Å²) in [6.45, 7) is 5.96. The van der Waals surface area contributed by atoms with Crippen molar-refractivity contribution in [3.8, 4) is 0 Å². The van der Waals surface area contributed by atoms with E-state index in [-0.39, 0.29) is 5.97 Å². The first-order valence-corrected chi connectivity index (χ1v) is 7.04. The Labute approximate surface area is 108 Å². The fourth-order valence-corrected chi connectivity index (χ4v) is 3.17. The van der Waals surface area contributed by atoms with E-state index < -0.39 is 0 Å². The lowest BCUT2D eigenvalue weighted by molar-refractivity contribution is 0.0526. The van der Waals surface area contributed by atoms with Crippen LogP contribution in [0.1, 0.15) is 17.3 Å². The van der Waals surface area contributed by atoms with Crippen LogP contribution in [-0.4, -0.2) is 23.3 Å². The first kappa shape index (κ1) is 12.4. The molecule has 0 saturated heterocycles. The maximum Gasteiger partial charge on any atom is 0.338 e. The lowest BCUT2D eigenvalue weighted by Gasteiger charge is -2.00. The number of carbonyl (C=O) groups is 1. The summed E-state index contributed by atoms with van der Waals surface area (Å²) in [6, 6.07) is 5.46. The number of aromatic nitrogens is 1. The molecule has 0 unspecified atom stereocenters. The van der Waals surface area contributed by atoms with Gasteiger partial charge < -0.3 is 4.74 Å². The zero-order chi connectivity index (χ0) is 12.3. The van der Waals surface area contributed by atoms with Crippen molar-refractivity contribution in [3.63, 3.8) is 0 Å². The van der Waals surface area contributed by atoms with Gasteiger partial charge in [-0.25, -0.2) is 9.78 Å². The van der Waals surface area contributed by atoms with Gasteiger partial charge in [-0.15, -0.1) is 11.3 Å². The highest BCUT2D eigenvalue weighted by Gasteiger charge is 2.10. The number of ether oxygens (including phenoxy) is 1. The average molecular weight is 266 g/mol. The van der Waals surface area contributed by atoms with Crippen molar-refractivity contribution < 1.29 is 9.53 Å². The molecule has 1 radical (unpaired) electrons. The van der Waals surface area contributed by atoms with Crippen molar-refractivity contribution in [3.05, 3.63) is 30.7 Å². The van der Waals surface area contributed by atoms with E-state index in [1.807, 2.05) is 6.07 Å². The third kappa shape index (κ3) is 2.79. The smallest absolute Gasteiger partial charge is 0.338 e. The van der Waals surface area contributed by atoms with Crippen molar-refractivity contribution in [2.24, 2.45) is 0 Å². The molecule has 0 atom stereocenters. The van der Waals surface area contributed by atoms with Crippen LogP contribution in [0.15, 0.2) is 22.5 Å². The molecule has 0 N–H and O–H groups in total. The number of esters is 1. The molecule has 0 bridgehead atoms. The molecule has 1 heterocycles. The summed E-state index contributed by atoms with van der Waals surface area (Å²) in [4.78, 5) is 16.0. The normalized spacial score (nSPS) is 10.7. The number of benzene rings is 1. The molecule has 17 heavy (non-hydrogen) atoms. The molecule has 0 aliphatic carbocycles. The van der Waals surface area contributed by atoms with Gasteiger partial charge in [0.1, 0.15) is 0 Å². The van der Waals surface area contributed by atoms with Crippen LogP contribution < -0.4 is 0 Å². The van der Waals surface area contributed by atoms with Crippen LogP contribution in [0, 0.1) is 6.92 Å². The summed E-state index contributed by atoms with van der Waals surface area (Å²) in [5.74, 6) is 0.457. The van der Waals surface area contributed by atoms with E-state index in [0.29, 0.717) is 12.2 Å². The summed E-state index contributed by atoms with van der Waals surface area (Å²) in [5, 5.41) is 0.